The lowest BCUT2D eigenvalue weighted by Crippen LogP contribution is -2.32. The quantitative estimate of drug-likeness (QED) is 0.736. The van der Waals surface area contributed by atoms with Gasteiger partial charge in [-0.1, -0.05) is 20.8 Å². The molecule has 0 aromatic carbocycles. The molecule has 0 bridgehead atoms. The molecule has 1 saturated heterocycles. The molecule has 1 aromatic rings. The molecule has 0 radical (unpaired) electrons. The molecule has 0 N–H and O–H groups in total. The molecule has 1 aliphatic rings. The minimum absolute atomic E-state index is 0.111. The van der Waals surface area contributed by atoms with Gasteiger partial charge in [0.15, 0.2) is 5.82 Å². The number of anilines is 1. The number of hydrogen-bond donors (Lipinski definition) is 0. The molecule has 3 nitrogen and oxygen atoms in total. The zero-order chi connectivity index (χ0) is 10.9. The third-order valence-corrected chi connectivity index (χ3v) is 3.36. The maximum Gasteiger partial charge on any atom is 0.166 e. The minimum Gasteiger partial charge on any atom is -0.354 e. The van der Waals surface area contributed by atoms with Gasteiger partial charge in [0, 0.05) is 18.5 Å². The molecule has 0 saturated carbocycles. The van der Waals surface area contributed by atoms with Crippen LogP contribution in [0.4, 0.5) is 5.82 Å². The molecule has 1 aliphatic heterocycles. The van der Waals surface area contributed by atoms with Crippen molar-refractivity contribution in [2.45, 2.75) is 45.4 Å². The molecule has 0 amide bonds. The van der Waals surface area contributed by atoms with Crippen molar-refractivity contribution in [2.75, 3.05) is 18.0 Å². The van der Waals surface area contributed by atoms with E-state index in [1.807, 2.05) is 0 Å². The van der Waals surface area contributed by atoms with Crippen molar-refractivity contribution < 1.29 is 0 Å². The van der Waals surface area contributed by atoms with Gasteiger partial charge < -0.3 is 4.90 Å². The zero-order valence-corrected chi connectivity index (χ0v) is 10.6. The Kier molecular flexibility index (Phi) is 2.96. The van der Waals surface area contributed by atoms with Crippen molar-refractivity contribution in [3.05, 3.63) is 5.69 Å². The van der Waals surface area contributed by atoms with Crippen LogP contribution in [0.15, 0.2) is 0 Å². The van der Waals surface area contributed by atoms with Gasteiger partial charge in [0.2, 0.25) is 0 Å². The van der Waals surface area contributed by atoms with Crippen LogP contribution in [-0.2, 0) is 5.41 Å². The Balaban J connectivity index is 2.24. The second kappa shape index (κ2) is 4.08. The monoisotopic (exact) mass is 225 g/mol. The summed E-state index contributed by atoms with van der Waals surface area (Å²) in [5.41, 5.74) is 1.27. The Labute approximate surface area is 95.8 Å². The first-order chi connectivity index (χ1) is 7.09. The second-order valence-electron chi connectivity index (χ2n) is 5.23. The fraction of sp³-hybridized carbons (Fsp3) is 0.818. The summed E-state index contributed by atoms with van der Waals surface area (Å²) in [6.07, 6.45) is 3.95. The second-order valence-corrected chi connectivity index (χ2v) is 5.76. The van der Waals surface area contributed by atoms with Crippen molar-refractivity contribution in [2.24, 2.45) is 0 Å². The summed E-state index contributed by atoms with van der Waals surface area (Å²) in [4.78, 5) is 2.40. The standard InChI is InChI=1S/C11H19N3S/c1-11(2,3)9-10(13-15-12-9)14-7-5-4-6-8-14/h4-8H2,1-3H3. The fourth-order valence-corrected chi connectivity index (χ4v) is 2.73. The first-order valence-electron chi connectivity index (χ1n) is 5.67. The Morgan fingerprint density at radius 3 is 2.33 bits per heavy atom. The molecule has 0 atom stereocenters. The van der Waals surface area contributed by atoms with Gasteiger partial charge in [-0.2, -0.15) is 8.75 Å². The molecule has 1 fully saturated rings. The average Bonchev–Trinajstić information content (AvgIpc) is 2.67. The lowest BCUT2D eigenvalue weighted by Gasteiger charge is -2.29. The van der Waals surface area contributed by atoms with E-state index >= 15 is 0 Å². The summed E-state index contributed by atoms with van der Waals surface area (Å²) in [7, 11) is 0. The van der Waals surface area contributed by atoms with Gasteiger partial charge in [0.25, 0.3) is 0 Å². The van der Waals surface area contributed by atoms with E-state index in [4.69, 9.17) is 0 Å². The molecule has 0 aliphatic carbocycles. The van der Waals surface area contributed by atoms with Crippen molar-refractivity contribution in [1.29, 1.82) is 0 Å². The fourth-order valence-electron chi connectivity index (χ4n) is 1.97. The predicted molar refractivity (Wildman–Crippen MR) is 64.7 cm³/mol. The van der Waals surface area contributed by atoms with E-state index in [9.17, 15) is 0 Å². The van der Waals surface area contributed by atoms with E-state index in [1.54, 1.807) is 0 Å². The van der Waals surface area contributed by atoms with Crippen molar-refractivity contribution in [3.63, 3.8) is 0 Å². The van der Waals surface area contributed by atoms with Crippen LogP contribution in [0.3, 0.4) is 0 Å². The number of nitrogens with zero attached hydrogens (tertiary/aromatic N) is 3. The maximum absolute atomic E-state index is 4.46. The van der Waals surface area contributed by atoms with Crippen molar-refractivity contribution in [1.82, 2.24) is 8.75 Å². The summed E-state index contributed by atoms with van der Waals surface area (Å²) in [6.45, 7) is 8.91. The Morgan fingerprint density at radius 2 is 1.73 bits per heavy atom. The van der Waals surface area contributed by atoms with Crippen LogP contribution in [0.25, 0.3) is 0 Å². The van der Waals surface area contributed by atoms with Crippen molar-refractivity contribution >= 4 is 17.5 Å². The first kappa shape index (κ1) is 10.9. The van der Waals surface area contributed by atoms with E-state index in [1.165, 1.54) is 31.0 Å². The van der Waals surface area contributed by atoms with Crippen LogP contribution in [0.2, 0.25) is 0 Å². The highest BCUT2D eigenvalue weighted by Crippen LogP contribution is 2.31. The minimum atomic E-state index is 0.111. The SMILES string of the molecule is CC(C)(C)c1nsnc1N1CCCCC1. The van der Waals surface area contributed by atoms with Gasteiger partial charge >= 0.3 is 0 Å². The number of piperidine rings is 1. The maximum atomic E-state index is 4.46. The van der Waals surface area contributed by atoms with Gasteiger partial charge in [-0.05, 0) is 19.3 Å². The van der Waals surface area contributed by atoms with Crippen LogP contribution in [0.5, 0.6) is 0 Å². The lowest BCUT2D eigenvalue weighted by molar-refractivity contribution is 0.546. The molecule has 0 spiro atoms. The Hall–Kier alpha value is -0.640. The van der Waals surface area contributed by atoms with E-state index in [-0.39, 0.29) is 5.41 Å². The molecular weight excluding hydrogens is 206 g/mol. The zero-order valence-electron chi connectivity index (χ0n) is 9.79. The smallest absolute Gasteiger partial charge is 0.166 e. The molecular formula is C11H19N3S. The molecule has 84 valence electrons. The van der Waals surface area contributed by atoms with Gasteiger partial charge in [-0.25, -0.2) is 0 Å². The largest absolute Gasteiger partial charge is 0.354 e. The molecule has 0 unspecified atom stereocenters. The third-order valence-electron chi connectivity index (χ3n) is 2.84. The Bertz CT molecular complexity index is 321. The summed E-state index contributed by atoms with van der Waals surface area (Å²) in [5.74, 6) is 1.13. The van der Waals surface area contributed by atoms with Crippen LogP contribution in [-0.4, -0.2) is 21.8 Å². The number of hydrogen-bond acceptors (Lipinski definition) is 4. The van der Waals surface area contributed by atoms with Crippen LogP contribution in [0, 0.1) is 0 Å². The van der Waals surface area contributed by atoms with Gasteiger partial charge in [-0.3, -0.25) is 0 Å². The number of rotatable bonds is 1. The van der Waals surface area contributed by atoms with E-state index < -0.39 is 0 Å². The van der Waals surface area contributed by atoms with Gasteiger partial charge in [0.1, 0.15) is 5.69 Å². The molecule has 15 heavy (non-hydrogen) atoms. The summed E-state index contributed by atoms with van der Waals surface area (Å²) >= 11 is 1.35. The molecule has 2 heterocycles. The van der Waals surface area contributed by atoms with Crippen LogP contribution in [0.1, 0.15) is 45.7 Å². The first-order valence-corrected chi connectivity index (χ1v) is 6.40. The highest BCUT2D eigenvalue weighted by Gasteiger charge is 2.26. The summed E-state index contributed by atoms with van der Waals surface area (Å²) < 4.78 is 8.91. The third kappa shape index (κ3) is 2.30. The summed E-state index contributed by atoms with van der Waals surface area (Å²) in [5, 5.41) is 0. The average molecular weight is 225 g/mol. The predicted octanol–water partition coefficient (Wildman–Crippen LogP) is 2.83. The molecule has 1 aromatic heterocycles. The van der Waals surface area contributed by atoms with Gasteiger partial charge in [-0.15, -0.1) is 0 Å². The van der Waals surface area contributed by atoms with E-state index in [0.29, 0.717) is 0 Å². The van der Waals surface area contributed by atoms with Crippen molar-refractivity contribution in [3.8, 4) is 0 Å². The topological polar surface area (TPSA) is 29.0 Å². The van der Waals surface area contributed by atoms with E-state index in [2.05, 4.69) is 34.4 Å². The Morgan fingerprint density at radius 1 is 1.07 bits per heavy atom. The lowest BCUT2D eigenvalue weighted by atomic mass is 9.91. The number of aromatic nitrogens is 2. The van der Waals surface area contributed by atoms with Crippen LogP contribution >= 0.6 is 11.7 Å². The molecule has 4 heteroatoms. The molecule has 2 rings (SSSR count). The van der Waals surface area contributed by atoms with E-state index in [0.717, 1.165) is 24.6 Å². The van der Waals surface area contributed by atoms with Crippen LogP contribution < -0.4 is 4.90 Å². The highest BCUT2D eigenvalue weighted by molar-refractivity contribution is 6.99. The summed E-state index contributed by atoms with van der Waals surface area (Å²) in [6, 6.07) is 0. The van der Waals surface area contributed by atoms with Gasteiger partial charge in [0.05, 0.1) is 11.7 Å². The normalized spacial score (nSPS) is 18.2. The highest BCUT2D eigenvalue weighted by atomic mass is 32.1.